The van der Waals surface area contributed by atoms with Crippen molar-refractivity contribution in [3.05, 3.63) is 65.9 Å². The standard InChI is InChI=1S/C25H33N5O3/c1-27-13-5-4-8-23(25(33)29-19-11-9-17(16-31)10-12-19)30-24(32)21(26)14-18-15-28-22-7-3-2-6-20(18)22/h2-3,6-7,9-12,15,21,23,27-28,31H,4-5,8,13-14,16,26H2,1H3,(H,29,33)(H,30,32)/t21-,23-/m0/s1. The van der Waals surface area contributed by atoms with Gasteiger partial charge in [-0.05, 0) is 68.6 Å². The molecule has 0 unspecified atom stereocenters. The predicted molar refractivity (Wildman–Crippen MR) is 131 cm³/mol. The minimum atomic E-state index is -0.777. The van der Waals surface area contributed by atoms with Gasteiger partial charge in [0.1, 0.15) is 6.04 Å². The van der Waals surface area contributed by atoms with Gasteiger partial charge in [0.05, 0.1) is 12.6 Å². The largest absolute Gasteiger partial charge is 0.392 e. The lowest BCUT2D eigenvalue weighted by Crippen LogP contribution is -2.50. The maximum atomic E-state index is 12.9. The Bertz CT molecular complexity index is 1050. The number of aromatic nitrogens is 1. The lowest BCUT2D eigenvalue weighted by molar-refractivity contribution is -0.127. The van der Waals surface area contributed by atoms with Crippen LogP contribution in [0.5, 0.6) is 0 Å². The third kappa shape index (κ3) is 6.89. The van der Waals surface area contributed by atoms with Crippen LogP contribution < -0.4 is 21.7 Å². The van der Waals surface area contributed by atoms with Crippen molar-refractivity contribution in [1.82, 2.24) is 15.6 Å². The molecule has 0 aliphatic carbocycles. The fourth-order valence-corrected chi connectivity index (χ4v) is 3.75. The van der Waals surface area contributed by atoms with E-state index in [4.69, 9.17) is 5.73 Å². The van der Waals surface area contributed by atoms with Crippen molar-refractivity contribution >= 4 is 28.4 Å². The number of nitrogens with one attached hydrogen (secondary N) is 4. The van der Waals surface area contributed by atoms with Gasteiger partial charge >= 0.3 is 0 Å². The SMILES string of the molecule is CNCCCC[C@H](NC(=O)[C@@H](N)Cc1c[nH]c2ccccc12)C(=O)Nc1ccc(CO)cc1. The molecule has 0 saturated carbocycles. The number of anilines is 1. The van der Waals surface area contributed by atoms with Crippen LogP contribution in [0.4, 0.5) is 5.69 Å². The number of aliphatic hydroxyl groups is 1. The summed E-state index contributed by atoms with van der Waals surface area (Å²) >= 11 is 0. The summed E-state index contributed by atoms with van der Waals surface area (Å²) in [7, 11) is 1.88. The average molecular weight is 452 g/mol. The second-order valence-corrected chi connectivity index (χ2v) is 8.17. The van der Waals surface area contributed by atoms with E-state index in [-0.39, 0.29) is 18.4 Å². The zero-order valence-corrected chi connectivity index (χ0v) is 18.9. The third-order valence-corrected chi connectivity index (χ3v) is 5.66. The molecule has 0 aliphatic rings. The molecule has 0 spiro atoms. The monoisotopic (exact) mass is 451 g/mol. The summed E-state index contributed by atoms with van der Waals surface area (Å²) in [5, 5.41) is 19.0. The molecule has 0 bridgehead atoms. The van der Waals surface area contributed by atoms with Crippen LogP contribution in [0, 0.1) is 0 Å². The van der Waals surface area contributed by atoms with E-state index in [1.807, 2.05) is 37.5 Å². The summed E-state index contributed by atoms with van der Waals surface area (Å²) in [5.41, 5.74) is 9.54. The maximum absolute atomic E-state index is 12.9. The number of nitrogens with two attached hydrogens (primary N) is 1. The maximum Gasteiger partial charge on any atom is 0.246 e. The molecule has 2 amide bonds. The zero-order valence-electron chi connectivity index (χ0n) is 18.9. The van der Waals surface area contributed by atoms with Crippen LogP contribution in [0.1, 0.15) is 30.4 Å². The van der Waals surface area contributed by atoms with Crippen molar-refractivity contribution in [1.29, 1.82) is 0 Å². The molecule has 2 atom stereocenters. The van der Waals surface area contributed by atoms with Crippen molar-refractivity contribution in [2.45, 2.75) is 44.4 Å². The molecule has 0 saturated heterocycles. The highest BCUT2D eigenvalue weighted by molar-refractivity contribution is 5.98. The van der Waals surface area contributed by atoms with E-state index in [1.54, 1.807) is 24.3 Å². The number of aromatic amines is 1. The molecule has 8 heteroatoms. The number of aliphatic hydroxyl groups excluding tert-OH is 1. The number of rotatable bonds is 12. The van der Waals surface area contributed by atoms with E-state index in [1.165, 1.54) is 0 Å². The summed E-state index contributed by atoms with van der Waals surface area (Å²) in [6.45, 7) is 0.775. The Labute approximate surface area is 194 Å². The minimum absolute atomic E-state index is 0.0628. The van der Waals surface area contributed by atoms with Crippen LogP contribution in [-0.2, 0) is 22.6 Å². The summed E-state index contributed by atoms with van der Waals surface area (Å²) in [4.78, 5) is 29.0. The number of benzene rings is 2. The fourth-order valence-electron chi connectivity index (χ4n) is 3.75. The molecule has 176 valence electrons. The highest BCUT2D eigenvalue weighted by Crippen LogP contribution is 2.19. The molecule has 3 aromatic rings. The summed E-state index contributed by atoms with van der Waals surface area (Å²) in [6, 6.07) is 13.3. The summed E-state index contributed by atoms with van der Waals surface area (Å²) < 4.78 is 0. The summed E-state index contributed by atoms with van der Waals surface area (Å²) in [6.07, 6.45) is 4.42. The van der Waals surface area contributed by atoms with E-state index in [0.717, 1.165) is 41.4 Å². The Kier molecular flexibility index (Phi) is 9.00. The molecule has 0 aliphatic heterocycles. The van der Waals surface area contributed by atoms with E-state index in [9.17, 15) is 14.7 Å². The minimum Gasteiger partial charge on any atom is -0.392 e. The highest BCUT2D eigenvalue weighted by atomic mass is 16.3. The van der Waals surface area contributed by atoms with Gasteiger partial charge in [0, 0.05) is 22.8 Å². The molecule has 3 rings (SSSR count). The molecular formula is C25H33N5O3. The Morgan fingerprint density at radius 2 is 1.82 bits per heavy atom. The van der Waals surface area contributed by atoms with Crippen molar-refractivity contribution in [3.8, 4) is 0 Å². The van der Waals surface area contributed by atoms with E-state index in [2.05, 4.69) is 20.9 Å². The fraction of sp³-hybridized carbons (Fsp3) is 0.360. The van der Waals surface area contributed by atoms with Crippen molar-refractivity contribution in [3.63, 3.8) is 0 Å². The van der Waals surface area contributed by atoms with Crippen LogP contribution in [0.15, 0.2) is 54.7 Å². The summed E-state index contributed by atoms with van der Waals surface area (Å²) in [5.74, 6) is -0.645. The molecule has 2 aromatic carbocycles. The first kappa shape index (κ1) is 24.4. The van der Waals surface area contributed by atoms with Gasteiger partial charge in [-0.15, -0.1) is 0 Å². The number of hydrogen-bond acceptors (Lipinski definition) is 5. The smallest absolute Gasteiger partial charge is 0.246 e. The molecule has 0 radical (unpaired) electrons. The Morgan fingerprint density at radius 1 is 1.06 bits per heavy atom. The van der Waals surface area contributed by atoms with Crippen LogP contribution in [0.25, 0.3) is 10.9 Å². The lowest BCUT2D eigenvalue weighted by Gasteiger charge is -2.21. The Balaban J connectivity index is 1.64. The topological polar surface area (TPSA) is 132 Å². The number of carbonyl (C=O) groups excluding carboxylic acids is 2. The van der Waals surface area contributed by atoms with Gasteiger partial charge in [0.15, 0.2) is 0 Å². The van der Waals surface area contributed by atoms with Crippen molar-refractivity contribution in [2.24, 2.45) is 5.73 Å². The van der Waals surface area contributed by atoms with Gasteiger partial charge in [0.25, 0.3) is 0 Å². The van der Waals surface area contributed by atoms with E-state index in [0.29, 0.717) is 18.5 Å². The van der Waals surface area contributed by atoms with Gasteiger partial charge in [-0.2, -0.15) is 0 Å². The van der Waals surface area contributed by atoms with E-state index >= 15 is 0 Å². The van der Waals surface area contributed by atoms with Crippen LogP contribution >= 0.6 is 0 Å². The lowest BCUT2D eigenvalue weighted by atomic mass is 10.0. The number of carbonyl (C=O) groups is 2. The van der Waals surface area contributed by atoms with Crippen LogP contribution in [-0.4, -0.2) is 47.6 Å². The quantitative estimate of drug-likeness (QED) is 0.235. The molecule has 0 fully saturated rings. The molecule has 1 heterocycles. The molecule has 8 nitrogen and oxygen atoms in total. The van der Waals surface area contributed by atoms with Crippen LogP contribution in [0.3, 0.4) is 0 Å². The molecule has 7 N–H and O–H groups in total. The number of para-hydroxylation sites is 1. The first-order chi connectivity index (χ1) is 16.0. The Morgan fingerprint density at radius 3 is 2.55 bits per heavy atom. The molecule has 33 heavy (non-hydrogen) atoms. The Hall–Kier alpha value is -3.20. The van der Waals surface area contributed by atoms with Crippen molar-refractivity contribution in [2.75, 3.05) is 18.9 Å². The average Bonchev–Trinajstić information content (AvgIpc) is 3.24. The number of H-pyrrole nitrogens is 1. The number of hydrogen-bond donors (Lipinski definition) is 6. The van der Waals surface area contributed by atoms with Gasteiger partial charge in [-0.25, -0.2) is 0 Å². The van der Waals surface area contributed by atoms with Gasteiger partial charge < -0.3 is 31.8 Å². The first-order valence-corrected chi connectivity index (χ1v) is 11.3. The molecular weight excluding hydrogens is 418 g/mol. The number of unbranched alkanes of at least 4 members (excludes halogenated alkanes) is 1. The number of fused-ring (bicyclic) bond motifs is 1. The van der Waals surface area contributed by atoms with Gasteiger partial charge in [-0.3, -0.25) is 9.59 Å². The zero-order chi connectivity index (χ0) is 23.6. The third-order valence-electron chi connectivity index (χ3n) is 5.66. The normalized spacial score (nSPS) is 12.9. The van der Waals surface area contributed by atoms with Gasteiger partial charge in [-0.1, -0.05) is 30.3 Å². The first-order valence-electron chi connectivity index (χ1n) is 11.3. The number of amides is 2. The second kappa shape index (κ2) is 12.2. The van der Waals surface area contributed by atoms with Crippen molar-refractivity contribution < 1.29 is 14.7 Å². The highest BCUT2D eigenvalue weighted by Gasteiger charge is 2.24. The van der Waals surface area contributed by atoms with Crippen LogP contribution in [0.2, 0.25) is 0 Å². The predicted octanol–water partition coefficient (Wildman–Crippen LogP) is 2.04. The van der Waals surface area contributed by atoms with E-state index < -0.39 is 12.1 Å². The van der Waals surface area contributed by atoms with Gasteiger partial charge in [0.2, 0.25) is 11.8 Å². The molecule has 1 aromatic heterocycles. The second-order valence-electron chi connectivity index (χ2n) is 8.17.